The number of rotatable bonds is 1. The van der Waals surface area contributed by atoms with E-state index in [1.165, 1.54) is 0 Å². The summed E-state index contributed by atoms with van der Waals surface area (Å²) in [5.41, 5.74) is 0. The van der Waals surface area contributed by atoms with E-state index < -0.39 is 20.8 Å². The Labute approximate surface area is 87.9 Å². The summed E-state index contributed by atoms with van der Waals surface area (Å²) in [7, 11) is -4.43. The number of aliphatic hydroxyl groups is 1. The van der Waals surface area contributed by atoms with Gasteiger partial charge in [0, 0.05) is 12.8 Å². The molecule has 1 saturated carbocycles. The fourth-order valence-corrected chi connectivity index (χ4v) is 2.79. The second-order valence-electron chi connectivity index (χ2n) is 4.03. The maximum absolute atomic E-state index is 10.9. The predicted molar refractivity (Wildman–Crippen MR) is 49.6 cm³/mol. The van der Waals surface area contributed by atoms with E-state index in [9.17, 15) is 13.5 Å². The average Bonchev–Trinajstić information content (AvgIpc) is 2.58. The number of hydrogen-bond donors (Lipinski definition) is 2. The highest BCUT2D eigenvalue weighted by atomic mass is 32.2. The predicted octanol–water partition coefficient (Wildman–Crippen LogP) is -0.120. The largest absolute Gasteiger partial charge is 0.372 e. The van der Waals surface area contributed by atoms with Gasteiger partial charge in [-0.15, -0.1) is 0 Å². The Kier molecular flexibility index (Phi) is 2.55. The summed E-state index contributed by atoms with van der Waals surface area (Å²) in [6, 6.07) is 0. The molecule has 2 N–H and O–H groups in total. The van der Waals surface area contributed by atoms with E-state index in [-0.39, 0.29) is 25.7 Å². The summed E-state index contributed by atoms with van der Waals surface area (Å²) in [4.78, 5) is -2.03. The first-order valence-corrected chi connectivity index (χ1v) is 6.28. The molecular weight excluding hydrogens is 224 g/mol. The lowest BCUT2D eigenvalue weighted by Gasteiger charge is -2.38. The van der Waals surface area contributed by atoms with Crippen molar-refractivity contribution >= 4 is 10.1 Å². The first-order valence-electron chi connectivity index (χ1n) is 4.84. The van der Waals surface area contributed by atoms with Gasteiger partial charge in [0.1, 0.15) is 0 Å². The summed E-state index contributed by atoms with van der Waals surface area (Å²) in [5.74, 6) is -0.739. The van der Waals surface area contributed by atoms with E-state index in [0.717, 1.165) is 0 Å². The lowest BCUT2D eigenvalue weighted by molar-refractivity contribution is -0.192. The second-order valence-corrected chi connectivity index (χ2v) is 5.74. The highest BCUT2D eigenvalue weighted by Crippen LogP contribution is 2.41. The zero-order valence-corrected chi connectivity index (χ0v) is 8.99. The Morgan fingerprint density at radius 3 is 1.87 bits per heavy atom. The van der Waals surface area contributed by atoms with E-state index in [1.54, 1.807) is 0 Å². The van der Waals surface area contributed by atoms with Crippen LogP contribution in [0.15, 0.2) is 0 Å². The van der Waals surface area contributed by atoms with E-state index >= 15 is 0 Å². The molecule has 0 atom stereocenters. The van der Waals surface area contributed by atoms with Gasteiger partial charge in [0.25, 0.3) is 10.1 Å². The molecule has 1 heterocycles. The summed E-state index contributed by atoms with van der Waals surface area (Å²) in [6.07, 6.45) is 0.435. The van der Waals surface area contributed by atoms with Crippen LogP contribution < -0.4 is 0 Å². The Bertz CT molecular complexity index is 332. The maximum Gasteiger partial charge on any atom is 0.294 e. The van der Waals surface area contributed by atoms with Crippen molar-refractivity contribution in [2.24, 2.45) is 0 Å². The molecule has 0 bridgehead atoms. The number of ether oxygens (including phenoxy) is 2. The zero-order valence-electron chi connectivity index (χ0n) is 8.18. The van der Waals surface area contributed by atoms with Crippen LogP contribution in [0.5, 0.6) is 0 Å². The van der Waals surface area contributed by atoms with Gasteiger partial charge in [-0.25, -0.2) is 0 Å². The fourth-order valence-electron chi connectivity index (χ4n) is 2.07. The molecule has 1 saturated heterocycles. The molecule has 0 unspecified atom stereocenters. The van der Waals surface area contributed by atoms with Crippen molar-refractivity contribution in [2.75, 3.05) is 13.2 Å². The molecule has 0 radical (unpaired) electrons. The molecule has 2 aliphatic rings. The molecule has 1 aliphatic heterocycles. The van der Waals surface area contributed by atoms with Crippen molar-refractivity contribution in [1.29, 1.82) is 0 Å². The highest BCUT2D eigenvalue weighted by Gasteiger charge is 2.51. The molecule has 15 heavy (non-hydrogen) atoms. The lowest BCUT2D eigenvalue weighted by atomic mass is 9.91. The third kappa shape index (κ3) is 1.90. The molecule has 0 aromatic carbocycles. The standard InChI is InChI=1S/C8H14O6S/c9-7(15(10,11)12)1-3-8(4-2-7)13-5-6-14-8/h9H,1-6H2,(H,10,11,12). The second kappa shape index (κ2) is 3.39. The Balaban J connectivity index is 2.09. The van der Waals surface area contributed by atoms with E-state index in [2.05, 4.69) is 0 Å². The van der Waals surface area contributed by atoms with Gasteiger partial charge in [-0.2, -0.15) is 8.42 Å². The molecule has 88 valence electrons. The van der Waals surface area contributed by atoms with Crippen LogP contribution in [0.1, 0.15) is 25.7 Å². The van der Waals surface area contributed by atoms with Gasteiger partial charge < -0.3 is 14.6 Å². The van der Waals surface area contributed by atoms with Crippen molar-refractivity contribution in [2.45, 2.75) is 36.4 Å². The molecule has 1 spiro atoms. The molecule has 7 heteroatoms. The molecule has 1 aliphatic carbocycles. The van der Waals surface area contributed by atoms with Gasteiger partial charge in [-0.3, -0.25) is 4.55 Å². The Morgan fingerprint density at radius 2 is 1.47 bits per heavy atom. The van der Waals surface area contributed by atoms with Crippen LogP contribution >= 0.6 is 0 Å². The number of hydrogen-bond acceptors (Lipinski definition) is 5. The first kappa shape index (κ1) is 11.3. The summed E-state index contributed by atoms with van der Waals surface area (Å²) in [5, 5.41) is 9.70. The zero-order chi connectivity index (χ0) is 11.2. The molecule has 6 nitrogen and oxygen atoms in total. The topological polar surface area (TPSA) is 93.1 Å². The van der Waals surface area contributed by atoms with E-state index in [4.69, 9.17) is 14.0 Å². The van der Waals surface area contributed by atoms with Crippen molar-refractivity contribution < 1.29 is 27.6 Å². The van der Waals surface area contributed by atoms with Crippen molar-refractivity contribution in [3.63, 3.8) is 0 Å². The fraction of sp³-hybridized carbons (Fsp3) is 1.00. The smallest absolute Gasteiger partial charge is 0.294 e. The molecule has 0 amide bonds. The minimum Gasteiger partial charge on any atom is -0.372 e. The molecule has 2 rings (SSSR count). The normalized spacial score (nSPS) is 29.5. The van der Waals surface area contributed by atoms with Crippen LogP contribution in [0, 0.1) is 0 Å². The van der Waals surface area contributed by atoms with Gasteiger partial charge in [0.05, 0.1) is 13.2 Å². The Hall–Kier alpha value is -0.210. The van der Waals surface area contributed by atoms with E-state index in [0.29, 0.717) is 13.2 Å². The first-order chi connectivity index (χ1) is 6.87. The van der Waals surface area contributed by atoms with Crippen LogP contribution in [0.25, 0.3) is 0 Å². The van der Waals surface area contributed by atoms with Crippen LogP contribution in [0.3, 0.4) is 0 Å². The van der Waals surface area contributed by atoms with Gasteiger partial charge in [-0.05, 0) is 12.8 Å². The molecule has 0 aromatic heterocycles. The molecular formula is C8H14O6S. The minimum absolute atomic E-state index is 0.0637. The Morgan fingerprint density at radius 1 is 1.00 bits per heavy atom. The lowest BCUT2D eigenvalue weighted by Crippen LogP contribution is -2.47. The van der Waals surface area contributed by atoms with Crippen LogP contribution in [-0.2, 0) is 19.6 Å². The van der Waals surface area contributed by atoms with Crippen molar-refractivity contribution in [1.82, 2.24) is 0 Å². The van der Waals surface area contributed by atoms with Crippen LogP contribution in [0.2, 0.25) is 0 Å². The molecule has 2 fully saturated rings. The van der Waals surface area contributed by atoms with Crippen LogP contribution in [0.4, 0.5) is 0 Å². The van der Waals surface area contributed by atoms with Gasteiger partial charge >= 0.3 is 0 Å². The molecule has 0 aromatic rings. The summed E-state index contributed by atoms with van der Waals surface area (Å²) >= 11 is 0. The minimum atomic E-state index is -4.43. The summed E-state index contributed by atoms with van der Waals surface area (Å²) in [6.45, 7) is 0.981. The highest BCUT2D eigenvalue weighted by molar-refractivity contribution is 7.87. The van der Waals surface area contributed by atoms with Crippen molar-refractivity contribution in [3.8, 4) is 0 Å². The van der Waals surface area contributed by atoms with Crippen molar-refractivity contribution in [3.05, 3.63) is 0 Å². The van der Waals surface area contributed by atoms with Gasteiger partial charge in [0.2, 0.25) is 0 Å². The third-order valence-electron chi connectivity index (χ3n) is 3.09. The third-order valence-corrected chi connectivity index (χ3v) is 4.46. The van der Waals surface area contributed by atoms with Gasteiger partial charge in [-0.1, -0.05) is 0 Å². The van der Waals surface area contributed by atoms with Crippen LogP contribution in [-0.4, -0.2) is 42.0 Å². The summed E-state index contributed by atoms with van der Waals surface area (Å²) < 4.78 is 41.5. The quantitative estimate of drug-likeness (QED) is 0.619. The van der Waals surface area contributed by atoms with Gasteiger partial charge in [0.15, 0.2) is 10.7 Å². The monoisotopic (exact) mass is 238 g/mol. The van der Waals surface area contributed by atoms with E-state index in [1.807, 2.05) is 0 Å². The maximum atomic E-state index is 10.9. The average molecular weight is 238 g/mol. The SMILES string of the molecule is O=S(=O)(O)C1(O)CCC2(CC1)OCCO2.